The summed E-state index contributed by atoms with van der Waals surface area (Å²) in [5.41, 5.74) is 11.3. The molecule has 6 unspecified atom stereocenters. The fourth-order valence-electron chi connectivity index (χ4n) is 13.6. The highest BCUT2D eigenvalue weighted by atomic mass is 16.6. The van der Waals surface area contributed by atoms with Crippen LogP contribution in [0.15, 0.2) is 36.4 Å². The molecule has 326 valence electrons. The van der Waals surface area contributed by atoms with Gasteiger partial charge in [-0.05, 0) is 184 Å². The van der Waals surface area contributed by atoms with Crippen LogP contribution in [0.5, 0.6) is 11.5 Å². The normalized spacial score (nSPS) is 33.5. The number of carbonyl (C=O) groups excluding carboxylic acids is 4. The van der Waals surface area contributed by atoms with E-state index in [1.54, 1.807) is 0 Å². The molecular formula is C50H68N2O8. The Morgan fingerprint density at radius 2 is 1.25 bits per heavy atom. The molecule has 12 atom stereocenters. The number of amides is 1. The fraction of sp³-hybridized carbons (Fsp3) is 0.680. The second kappa shape index (κ2) is 17.1. The minimum Gasteiger partial charge on any atom is -0.461 e. The van der Waals surface area contributed by atoms with E-state index < -0.39 is 24.1 Å². The first-order valence-corrected chi connectivity index (χ1v) is 23.2. The number of rotatable bonds is 12. The van der Waals surface area contributed by atoms with Crippen molar-refractivity contribution in [1.82, 2.24) is 5.32 Å². The summed E-state index contributed by atoms with van der Waals surface area (Å²) in [6, 6.07) is 10.8. The Morgan fingerprint density at radius 1 is 0.717 bits per heavy atom. The van der Waals surface area contributed by atoms with E-state index in [0.29, 0.717) is 72.2 Å². The molecule has 0 radical (unpaired) electrons. The van der Waals surface area contributed by atoms with Crippen LogP contribution in [0.4, 0.5) is 4.79 Å². The summed E-state index contributed by atoms with van der Waals surface area (Å²) in [6.45, 7) is 13.3. The third kappa shape index (κ3) is 8.11. The van der Waals surface area contributed by atoms with Crippen LogP contribution in [-0.4, -0.2) is 48.8 Å². The second-order valence-electron chi connectivity index (χ2n) is 20.8. The Bertz CT molecular complexity index is 1950. The molecule has 2 aromatic carbocycles. The van der Waals surface area contributed by atoms with E-state index in [9.17, 15) is 19.2 Å². The molecule has 4 fully saturated rings. The van der Waals surface area contributed by atoms with Gasteiger partial charge in [-0.3, -0.25) is 9.59 Å². The Balaban J connectivity index is 0.877. The number of ether oxygens (including phenoxy) is 4. The highest BCUT2D eigenvalue weighted by molar-refractivity contribution is 5.83. The van der Waals surface area contributed by atoms with Crippen LogP contribution < -0.4 is 20.5 Å². The molecule has 6 aliphatic carbocycles. The van der Waals surface area contributed by atoms with Crippen molar-refractivity contribution in [2.75, 3.05) is 0 Å². The summed E-state index contributed by atoms with van der Waals surface area (Å²) in [6.07, 6.45) is 12.0. The molecule has 3 N–H and O–H groups in total. The van der Waals surface area contributed by atoms with Gasteiger partial charge in [0, 0.05) is 10.8 Å². The number of hydrogen-bond donors (Lipinski definition) is 2. The number of carbonyl (C=O) groups is 4. The van der Waals surface area contributed by atoms with Crippen molar-refractivity contribution < 1.29 is 38.1 Å². The average Bonchev–Trinajstić information content (AvgIpc) is 3.72. The van der Waals surface area contributed by atoms with Gasteiger partial charge in [0.15, 0.2) is 0 Å². The highest BCUT2D eigenvalue weighted by Gasteiger charge is 2.58. The topological polar surface area (TPSA) is 143 Å². The third-order valence-corrected chi connectivity index (χ3v) is 16.4. The molecule has 8 rings (SSSR count). The minimum absolute atomic E-state index is 0.0409. The zero-order valence-corrected chi connectivity index (χ0v) is 36.7. The third-order valence-electron chi connectivity index (χ3n) is 16.4. The maximum absolute atomic E-state index is 13.8. The molecule has 10 heteroatoms. The lowest BCUT2D eigenvalue weighted by Gasteiger charge is -2.50. The molecule has 6 aliphatic rings. The molecule has 60 heavy (non-hydrogen) atoms. The lowest BCUT2D eigenvalue weighted by atomic mass is 9.55. The van der Waals surface area contributed by atoms with E-state index in [1.807, 2.05) is 38.1 Å². The average molecular weight is 825 g/mol. The van der Waals surface area contributed by atoms with Gasteiger partial charge in [-0.15, -0.1) is 0 Å². The molecule has 0 spiro atoms. The van der Waals surface area contributed by atoms with Gasteiger partial charge in [0.1, 0.15) is 35.8 Å². The monoisotopic (exact) mass is 824 g/mol. The first-order chi connectivity index (χ1) is 28.7. The second-order valence-corrected chi connectivity index (χ2v) is 20.8. The Labute approximate surface area is 356 Å². The number of nitrogens with two attached hydrogens (primary N) is 1. The zero-order chi connectivity index (χ0) is 42.5. The van der Waals surface area contributed by atoms with Gasteiger partial charge < -0.3 is 30.0 Å². The SMILES string of the molecule is CC(C)C[C@@H](N)C(=O)O[C@H]1CCC2C3CCc4cc(OC(=O)[C@H](CC(C)C)NC(=O)O[C@H]5CCC6C7CCc8cc(OC=O)ccc8C7CC[C@@]65C)ccc4C3CC[C@@]21C. The lowest BCUT2D eigenvalue weighted by molar-refractivity contribution is -0.159. The van der Waals surface area contributed by atoms with Crippen LogP contribution in [0.2, 0.25) is 0 Å². The van der Waals surface area contributed by atoms with Gasteiger partial charge in [-0.1, -0.05) is 53.7 Å². The Hall–Kier alpha value is -3.92. The van der Waals surface area contributed by atoms with Crippen molar-refractivity contribution >= 4 is 24.5 Å². The molecule has 10 nitrogen and oxygen atoms in total. The predicted octanol–water partition coefficient (Wildman–Crippen LogP) is 9.33. The van der Waals surface area contributed by atoms with Gasteiger partial charge >= 0.3 is 18.0 Å². The lowest BCUT2D eigenvalue weighted by Crippen LogP contribution is -2.48. The number of esters is 2. The number of fused-ring (bicyclic) bond motifs is 10. The van der Waals surface area contributed by atoms with Crippen LogP contribution >= 0.6 is 0 Å². The highest BCUT2D eigenvalue weighted by Crippen LogP contribution is 2.63. The summed E-state index contributed by atoms with van der Waals surface area (Å²) < 4.78 is 23.6. The van der Waals surface area contributed by atoms with E-state index >= 15 is 0 Å². The van der Waals surface area contributed by atoms with Gasteiger partial charge in [0.25, 0.3) is 6.47 Å². The van der Waals surface area contributed by atoms with E-state index in [-0.39, 0.29) is 34.9 Å². The van der Waals surface area contributed by atoms with Crippen LogP contribution in [0, 0.1) is 46.3 Å². The first kappa shape index (κ1) is 42.8. The van der Waals surface area contributed by atoms with Crippen molar-refractivity contribution in [3.05, 3.63) is 58.7 Å². The summed E-state index contributed by atoms with van der Waals surface area (Å²) in [4.78, 5) is 51.3. The standard InChI is InChI=1S/C50H68N2O8/c1-28(2)23-42(51)46(54)59-44-17-15-40-38-12-8-31-26-33(10-14-35(31)37(38)19-21-49(40,44)5)58-47(55)43(24-29(3)4)52-48(56)60-45-18-16-41-39-11-7-30-25-32(57-27-53)9-13-34(30)36(39)20-22-50(41,45)6/h9-10,13-14,25-29,36-45H,7-8,11-12,15-24,51H2,1-6H3,(H,52,56)/t36?,37?,38?,39?,40?,41?,42-,43+,44+,45+,49+,50+/m1/s1. The van der Waals surface area contributed by atoms with Gasteiger partial charge in [0.05, 0.1) is 0 Å². The van der Waals surface area contributed by atoms with Crippen molar-refractivity contribution in [2.24, 2.45) is 52.1 Å². The maximum Gasteiger partial charge on any atom is 0.408 e. The largest absolute Gasteiger partial charge is 0.461 e. The van der Waals surface area contributed by atoms with Gasteiger partial charge in [-0.2, -0.15) is 0 Å². The van der Waals surface area contributed by atoms with Crippen molar-refractivity contribution in [3.8, 4) is 11.5 Å². The zero-order valence-electron chi connectivity index (χ0n) is 36.7. The minimum atomic E-state index is -0.832. The molecular weight excluding hydrogens is 757 g/mol. The predicted molar refractivity (Wildman–Crippen MR) is 228 cm³/mol. The number of aryl methyl sites for hydroxylation is 2. The smallest absolute Gasteiger partial charge is 0.408 e. The van der Waals surface area contributed by atoms with Crippen LogP contribution in [0.1, 0.15) is 153 Å². The van der Waals surface area contributed by atoms with E-state index in [4.69, 9.17) is 24.7 Å². The van der Waals surface area contributed by atoms with Crippen molar-refractivity contribution in [2.45, 2.75) is 168 Å². The van der Waals surface area contributed by atoms with E-state index in [2.05, 4.69) is 45.1 Å². The van der Waals surface area contributed by atoms with Crippen LogP contribution in [0.25, 0.3) is 0 Å². The van der Waals surface area contributed by atoms with Crippen molar-refractivity contribution in [1.29, 1.82) is 0 Å². The summed E-state index contributed by atoms with van der Waals surface area (Å²) >= 11 is 0. The summed E-state index contributed by atoms with van der Waals surface area (Å²) in [5, 5.41) is 2.94. The van der Waals surface area contributed by atoms with Gasteiger partial charge in [-0.25, -0.2) is 9.59 Å². The van der Waals surface area contributed by atoms with Gasteiger partial charge in [0.2, 0.25) is 0 Å². The molecule has 0 aromatic heterocycles. The molecule has 1 amide bonds. The molecule has 0 saturated heterocycles. The van der Waals surface area contributed by atoms with E-state index in [0.717, 1.165) is 77.0 Å². The summed E-state index contributed by atoms with van der Waals surface area (Å²) in [5.74, 6) is 3.72. The molecule has 2 aromatic rings. The maximum atomic E-state index is 13.8. The number of benzene rings is 2. The van der Waals surface area contributed by atoms with E-state index in [1.165, 1.54) is 22.3 Å². The molecule has 0 bridgehead atoms. The Kier molecular flexibility index (Phi) is 12.2. The number of alkyl carbamates (subject to hydrolysis) is 1. The van der Waals surface area contributed by atoms with Crippen molar-refractivity contribution in [3.63, 3.8) is 0 Å². The number of nitrogens with one attached hydrogen (secondary N) is 1. The summed E-state index contributed by atoms with van der Waals surface area (Å²) in [7, 11) is 0. The first-order valence-electron chi connectivity index (χ1n) is 23.2. The molecule has 0 heterocycles. The molecule has 4 saturated carbocycles. The number of hydrogen-bond acceptors (Lipinski definition) is 9. The van der Waals surface area contributed by atoms with Crippen LogP contribution in [-0.2, 0) is 36.7 Å². The quantitative estimate of drug-likeness (QED) is 0.122. The Morgan fingerprint density at radius 3 is 1.80 bits per heavy atom. The molecule has 0 aliphatic heterocycles. The van der Waals surface area contributed by atoms with Crippen LogP contribution in [0.3, 0.4) is 0 Å². The fourth-order valence-corrected chi connectivity index (χ4v) is 13.6.